The average molecular weight is 464 g/mol. The van der Waals surface area contributed by atoms with Gasteiger partial charge < -0.3 is 0 Å². The molecule has 0 saturated carbocycles. The Kier molecular flexibility index (Phi) is 6.37. The van der Waals surface area contributed by atoms with E-state index in [-0.39, 0.29) is 5.38 Å². The molecule has 0 spiro atoms. The molecule has 0 aliphatic carbocycles. The summed E-state index contributed by atoms with van der Waals surface area (Å²) in [5, 5.41) is -0.112. The molecule has 2 aromatic carbocycles. The van der Waals surface area contributed by atoms with Gasteiger partial charge in [0.1, 0.15) is 0 Å². The Morgan fingerprint density at radius 3 is 2.50 bits per heavy atom. The van der Waals surface area contributed by atoms with Crippen LogP contribution >= 0.6 is 50.1 Å². The quantitative estimate of drug-likeness (QED) is 0.341. The van der Waals surface area contributed by atoms with Gasteiger partial charge >= 0.3 is 0 Å². The van der Waals surface area contributed by atoms with Crippen LogP contribution in [0.15, 0.2) is 46.9 Å². The van der Waals surface area contributed by atoms with Gasteiger partial charge in [0.15, 0.2) is 0 Å². The first-order valence-corrected chi connectivity index (χ1v) is 9.10. The highest BCUT2D eigenvalue weighted by Gasteiger charge is 2.14. The lowest BCUT2D eigenvalue weighted by Gasteiger charge is -2.13. The van der Waals surface area contributed by atoms with Crippen molar-refractivity contribution in [1.29, 1.82) is 0 Å². The van der Waals surface area contributed by atoms with Gasteiger partial charge in [-0.05, 0) is 70.3 Å². The molecule has 0 amide bonds. The average Bonchev–Trinajstić information content (AvgIpc) is 2.47. The fourth-order valence-electron chi connectivity index (χ4n) is 2.12. The zero-order valence-corrected chi connectivity index (χ0v) is 15.9. The molecular formula is C17H17BrClI. The second kappa shape index (κ2) is 7.81. The summed E-state index contributed by atoms with van der Waals surface area (Å²) < 4.78 is 2.26. The van der Waals surface area contributed by atoms with Gasteiger partial charge in [-0.1, -0.05) is 53.5 Å². The smallest absolute Gasteiger partial charge is 0.0846 e. The standard InChI is InChI=1S/C17H17BrClI/c1-2-3-4-12-5-7-13(8-6-12)17(19)15-11-14(20)9-10-16(15)18/h5-11,17H,2-4H2,1H3. The van der Waals surface area contributed by atoms with E-state index in [0.717, 1.165) is 22.0 Å². The Labute approximate surface area is 148 Å². The zero-order chi connectivity index (χ0) is 14.5. The molecule has 0 nitrogen and oxygen atoms in total. The van der Waals surface area contributed by atoms with Crippen molar-refractivity contribution in [2.45, 2.75) is 31.6 Å². The van der Waals surface area contributed by atoms with Gasteiger partial charge in [0.25, 0.3) is 0 Å². The molecule has 1 atom stereocenters. The molecule has 1 unspecified atom stereocenters. The minimum atomic E-state index is -0.112. The predicted octanol–water partition coefficient (Wildman–Crippen LogP) is 6.72. The van der Waals surface area contributed by atoms with Gasteiger partial charge in [-0.25, -0.2) is 0 Å². The summed E-state index contributed by atoms with van der Waals surface area (Å²) in [6, 6.07) is 15.0. The number of unbranched alkanes of at least 4 members (excludes halogenated alkanes) is 1. The third-order valence-corrected chi connectivity index (χ3v) is 5.20. The van der Waals surface area contributed by atoms with Crippen LogP contribution in [0.5, 0.6) is 0 Å². The van der Waals surface area contributed by atoms with E-state index in [1.807, 2.05) is 0 Å². The lowest BCUT2D eigenvalue weighted by Crippen LogP contribution is -1.96. The van der Waals surface area contributed by atoms with E-state index in [4.69, 9.17) is 11.6 Å². The number of benzene rings is 2. The first kappa shape index (κ1) is 16.3. The molecule has 0 aromatic heterocycles. The van der Waals surface area contributed by atoms with E-state index in [9.17, 15) is 0 Å². The van der Waals surface area contributed by atoms with Gasteiger partial charge in [-0.3, -0.25) is 0 Å². The zero-order valence-electron chi connectivity index (χ0n) is 11.4. The second-order valence-electron chi connectivity index (χ2n) is 4.87. The molecule has 0 fully saturated rings. The van der Waals surface area contributed by atoms with Crippen LogP contribution in [0.1, 0.15) is 41.8 Å². The van der Waals surface area contributed by atoms with Gasteiger partial charge in [-0.2, -0.15) is 0 Å². The van der Waals surface area contributed by atoms with Crippen LogP contribution in [0.3, 0.4) is 0 Å². The van der Waals surface area contributed by atoms with Crippen LogP contribution in [-0.4, -0.2) is 0 Å². The Hall–Kier alpha value is -0.0600. The minimum Gasteiger partial charge on any atom is -0.113 e. The van der Waals surface area contributed by atoms with E-state index in [2.05, 4.69) is 87.9 Å². The number of rotatable bonds is 5. The summed E-state index contributed by atoms with van der Waals surface area (Å²) in [7, 11) is 0. The third kappa shape index (κ3) is 4.22. The number of alkyl halides is 1. The van der Waals surface area contributed by atoms with Crippen molar-refractivity contribution in [3.8, 4) is 0 Å². The van der Waals surface area contributed by atoms with Gasteiger partial charge in [-0.15, -0.1) is 11.6 Å². The molecule has 106 valence electrons. The number of hydrogen-bond acceptors (Lipinski definition) is 0. The molecular weight excluding hydrogens is 446 g/mol. The van der Waals surface area contributed by atoms with E-state index in [1.54, 1.807) is 0 Å². The van der Waals surface area contributed by atoms with Crippen LogP contribution in [-0.2, 0) is 6.42 Å². The molecule has 0 aliphatic rings. The third-order valence-electron chi connectivity index (χ3n) is 3.32. The highest BCUT2D eigenvalue weighted by atomic mass is 127. The van der Waals surface area contributed by atoms with E-state index >= 15 is 0 Å². The summed E-state index contributed by atoms with van der Waals surface area (Å²) in [6.07, 6.45) is 3.62. The van der Waals surface area contributed by atoms with Crippen molar-refractivity contribution in [1.82, 2.24) is 0 Å². The van der Waals surface area contributed by atoms with Crippen LogP contribution < -0.4 is 0 Å². The fraction of sp³-hybridized carbons (Fsp3) is 0.294. The summed E-state index contributed by atoms with van der Waals surface area (Å²) in [5.41, 5.74) is 3.66. The number of hydrogen-bond donors (Lipinski definition) is 0. The summed E-state index contributed by atoms with van der Waals surface area (Å²) >= 11 is 12.5. The molecule has 0 bridgehead atoms. The van der Waals surface area contributed by atoms with Crippen LogP contribution in [0, 0.1) is 3.57 Å². The van der Waals surface area contributed by atoms with Crippen molar-refractivity contribution in [2.75, 3.05) is 0 Å². The Balaban J connectivity index is 2.20. The molecule has 20 heavy (non-hydrogen) atoms. The molecule has 0 saturated heterocycles. The Morgan fingerprint density at radius 1 is 1.15 bits per heavy atom. The van der Waals surface area contributed by atoms with Crippen molar-refractivity contribution in [3.05, 3.63) is 67.2 Å². The van der Waals surface area contributed by atoms with Gasteiger partial charge in [0.2, 0.25) is 0 Å². The molecule has 0 N–H and O–H groups in total. The molecule has 2 aromatic rings. The predicted molar refractivity (Wildman–Crippen MR) is 99.6 cm³/mol. The number of aryl methyl sites for hydroxylation is 1. The van der Waals surface area contributed by atoms with Crippen LogP contribution in [0.2, 0.25) is 0 Å². The summed E-state index contributed by atoms with van der Waals surface area (Å²) in [4.78, 5) is 0. The van der Waals surface area contributed by atoms with Gasteiger partial charge in [0.05, 0.1) is 5.38 Å². The van der Waals surface area contributed by atoms with E-state index in [0.29, 0.717) is 0 Å². The SMILES string of the molecule is CCCCc1ccc(C(Cl)c2cc(I)ccc2Br)cc1. The highest BCUT2D eigenvalue weighted by Crippen LogP contribution is 2.34. The fourth-order valence-corrected chi connectivity index (χ4v) is 3.57. The Bertz CT molecular complexity index is 566. The summed E-state index contributed by atoms with van der Waals surface area (Å²) in [6.45, 7) is 2.22. The van der Waals surface area contributed by atoms with Crippen molar-refractivity contribution >= 4 is 50.1 Å². The molecule has 2 rings (SSSR count). The molecule has 0 heterocycles. The summed E-state index contributed by atoms with van der Waals surface area (Å²) in [5.74, 6) is 0. The molecule has 0 radical (unpaired) electrons. The maximum absolute atomic E-state index is 6.63. The number of halogens is 3. The lowest BCUT2D eigenvalue weighted by molar-refractivity contribution is 0.794. The van der Waals surface area contributed by atoms with Crippen molar-refractivity contribution in [3.63, 3.8) is 0 Å². The maximum atomic E-state index is 6.63. The van der Waals surface area contributed by atoms with Gasteiger partial charge in [0, 0.05) is 8.04 Å². The normalized spacial score (nSPS) is 12.4. The lowest BCUT2D eigenvalue weighted by atomic mass is 10.0. The van der Waals surface area contributed by atoms with Crippen molar-refractivity contribution < 1.29 is 0 Å². The first-order chi connectivity index (χ1) is 9.61. The highest BCUT2D eigenvalue weighted by molar-refractivity contribution is 14.1. The minimum absolute atomic E-state index is 0.112. The van der Waals surface area contributed by atoms with Crippen LogP contribution in [0.25, 0.3) is 0 Å². The molecule has 0 aliphatic heterocycles. The maximum Gasteiger partial charge on any atom is 0.0846 e. The Morgan fingerprint density at radius 2 is 1.85 bits per heavy atom. The monoisotopic (exact) mass is 462 g/mol. The van der Waals surface area contributed by atoms with Crippen LogP contribution in [0.4, 0.5) is 0 Å². The molecule has 3 heteroatoms. The topological polar surface area (TPSA) is 0 Å². The largest absolute Gasteiger partial charge is 0.113 e. The first-order valence-electron chi connectivity index (χ1n) is 6.79. The van der Waals surface area contributed by atoms with E-state index < -0.39 is 0 Å². The van der Waals surface area contributed by atoms with E-state index in [1.165, 1.54) is 22.0 Å². The van der Waals surface area contributed by atoms with Crippen molar-refractivity contribution in [2.24, 2.45) is 0 Å². The second-order valence-corrected chi connectivity index (χ2v) is 7.41.